The molecule has 18 heavy (non-hydrogen) atoms. The number of rotatable bonds is 2. The zero-order valence-corrected chi connectivity index (χ0v) is 11.6. The van der Waals surface area contributed by atoms with Crippen LogP contribution in [0.3, 0.4) is 0 Å². The second kappa shape index (κ2) is 4.32. The van der Waals surface area contributed by atoms with E-state index in [4.69, 9.17) is 10.7 Å². The molecule has 0 spiro atoms. The fourth-order valence-electron chi connectivity index (χ4n) is 2.29. The summed E-state index contributed by atoms with van der Waals surface area (Å²) < 4.78 is 22.3. The third-order valence-corrected chi connectivity index (χ3v) is 5.11. The van der Waals surface area contributed by atoms with Crippen LogP contribution in [0, 0.1) is 0 Å². The Kier molecular flexibility index (Phi) is 2.91. The van der Waals surface area contributed by atoms with Gasteiger partial charge in [0.05, 0.1) is 0 Å². The fourth-order valence-corrected chi connectivity index (χ4v) is 3.85. The quantitative estimate of drug-likeness (QED) is 0.863. The van der Waals surface area contributed by atoms with E-state index in [1.54, 1.807) is 11.3 Å². The normalized spacial score (nSPS) is 19.7. The van der Waals surface area contributed by atoms with Crippen molar-refractivity contribution in [2.45, 2.75) is 30.3 Å². The molecular formula is C10H10ClN3O2S2. The largest absolute Gasteiger partial charge is 0.298 e. The number of thiophene rings is 1. The van der Waals surface area contributed by atoms with Crippen molar-refractivity contribution < 1.29 is 8.42 Å². The van der Waals surface area contributed by atoms with Crippen LogP contribution in [0.25, 0.3) is 0 Å². The van der Waals surface area contributed by atoms with Gasteiger partial charge in [0.2, 0.25) is 0 Å². The molecule has 3 rings (SSSR count). The fraction of sp³-hybridized carbons (Fsp3) is 0.400. The van der Waals surface area contributed by atoms with E-state index in [2.05, 4.69) is 26.6 Å². The topological polar surface area (TPSA) is 75.7 Å². The number of aryl methyl sites for hydroxylation is 1. The van der Waals surface area contributed by atoms with Crippen molar-refractivity contribution in [3.8, 4) is 0 Å². The van der Waals surface area contributed by atoms with E-state index in [-0.39, 0.29) is 11.1 Å². The Morgan fingerprint density at radius 3 is 3.06 bits per heavy atom. The first kappa shape index (κ1) is 12.1. The van der Waals surface area contributed by atoms with Gasteiger partial charge in [-0.25, -0.2) is 13.4 Å². The molecule has 1 N–H and O–H groups in total. The molecular weight excluding hydrogens is 294 g/mol. The summed E-state index contributed by atoms with van der Waals surface area (Å²) in [5.41, 5.74) is 1.22. The van der Waals surface area contributed by atoms with E-state index in [0.717, 1.165) is 19.3 Å². The van der Waals surface area contributed by atoms with Crippen LogP contribution in [-0.2, 0) is 15.5 Å². The number of aromatic amines is 1. The number of nitrogens with zero attached hydrogens (tertiary/aromatic N) is 2. The van der Waals surface area contributed by atoms with Crippen LogP contribution in [-0.4, -0.2) is 23.6 Å². The zero-order chi connectivity index (χ0) is 12.8. The number of halogens is 1. The number of aromatic nitrogens is 3. The van der Waals surface area contributed by atoms with Gasteiger partial charge in [-0.15, -0.1) is 16.4 Å². The van der Waals surface area contributed by atoms with Crippen molar-refractivity contribution in [1.29, 1.82) is 0 Å². The lowest BCUT2D eigenvalue weighted by Crippen LogP contribution is -2.10. The minimum absolute atomic E-state index is 0.0969. The second-order valence-corrected chi connectivity index (χ2v) is 7.65. The van der Waals surface area contributed by atoms with Crippen molar-refractivity contribution in [2.24, 2.45) is 0 Å². The van der Waals surface area contributed by atoms with Crippen LogP contribution in [0.1, 0.15) is 35.0 Å². The number of hydrogen-bond acceptors (Lipinski definition) is 5. The van der Waals surface area contributed by atoms with Gasteiger partial charge in [0.25, 0.3) is 14.2 Å². The van der Waals surface area contributed by atoms with Crippen LogP contribution >= 0.6 is 22.0 Å². The summed E-state index contributed by atoms with van der Waals surface area (Å²) in [5, 5.41) is 8.07. The highest BCUT2D eigenvalue weighted by atomic mass is 35.7. The predicted molar refractivity (Wildman–Crippen MR) is 68.5 cm³/mol. The van der Waals surface area contributed by atoms with E-state index >= 15 is 0 Å². The Labute approximate surface area is 113 Å². The summed E-state index contributed by atoms with van der Waals surface area (Å²) >= 11 is 1.73. The van der Waals surface area contributed by atoms with Gasteiger partial charge in [-0.05, 0) is 36.3 Å². The monoisotopic (exact) mass is 303 g/mol. The zero-order valence-electron chi connectivity index (χ0n) is 9.26. The van der Waals surface area contributed by atoms with Gasteiger partial charge in [-0.3, -0.25) is 5.10 Å². The van der Waals surface area contributed by atoms with Gasteiger partial charge < -0.3 is 0 Å². The van der Waals surface area contributed by atoms with Gasteiger partial charge in [-0.1, -0.05) is 0 Å². The van der Waals surface area contributed by atoms with E-state index in [0.29, 0.717) is 5.82 Å². The lowest BCUT2D eigenvalue weighted by Gasteiger charge is -2.19. The van der Waals surface area contributed by atoms with Crippen molar-refractivity contribution in [3.63, 3.8) is 0 Å². The van der Waals surface area contributed by atoms with Crippen LogP contribution < -0.4 is 0 Å². The molecule has 0 saturated carbocycles. The minimum Gasteiger partial charge on any atom is -0.261 e. The van der Waals surface area contributed by atoms with E-state index in [1.807, 2.05) is 0 Å². The van der Waals surface area contributed by atoms with Gasteiger partial charge in [-0.2, -0.15) is 0 Å². The molecule has 2 aromatic heterocycles. The van der Waals surface area contributed by atoms with Gasteiger partial charge in [0.1, 0.15) is 5.82 Å². The Hall–Kier alpha value is -0.920. The number of hydrogen-bond donors (Lipinski definition) is 1. The molecule has 0 fully saturated rings. The maximum Gasteiger partial charge on any atom is 0.298 e. The van der Waals surface area contributed by atoms with E-state index in [1.165, 1.54) is 10.4 Å². The summed E-state index contributed by atoms with van der Waals surface area (Å²) in [7, 11) is 1.36. The Morgan fingerprint density at radius 1 is 1.50 bits per heavy atom. The lowest BCUT2D eigenvalue weighted by molar-refractivity contribution is 0.595. The first-order chi connectivity index (χ1) is 8.55. The lowest BCUT2D eigenvalue weighted by atomic mass is 9.87. The van der Waals surface area contributed by atoms with Crippen LogP contribution in [0.2, 0.25) is 0 Å². The van der Waals surface area contributed by atoms with Crippen molar-refractivity contribution in [2.75, 3.05) is 0 Å². The van der Waals surface area contributed by atoms with Crippen LogP contribution in [0.15, 0.2) is 16.6 Å². The first-order valence-electron chi connectivity index (χ1n) is 5.49. The standard InChI is InChI=1S/C10H10ClN3O2S2/c11-18(15,16)10-12-9(13-14-10)7-2-1-3-8-6(7)4-5-17-8/h4-5,7H,1-3H2,(H,12,13,14). The van der Waals surface area contributed by atoms with Gasteiger partial charge in [0, 0.05) is 21.5 Å². The average Bonchev–Trinajstić information content (AvgIpc) is 2.96. The summed E-state index contributed by atoms with van der Waals surface area (Å²) in [6.07, 6.45) is 3.10. The van der Waals surface area contributed by atoms with Crippen LogP contribution in [0.5, 0.6) is 0 Å². The molecule has 1 aliphatic carbocycles. The summed E-state index contributed by atoms with van der Waals surface area (Å²) in [6.45, 7) is 0. The average molecular weight is 304 g/mol. The highest BCUT2D eigenvalue weighted by Crippen LogP contribution is 2.37. The Bertz CT molecular complexity index is 677. The summed E-state index contributed by atoms with van der Waals surface area (Å²) in [6, 6.07) is 2.07. The third-order valence-electron chi connectivity index (χ3n) is 3.08. The van der Waals surface area contributed by atoms with Gasteiger partial charge in [0.15, 0.2) is 0 Å². The number of fused-ring (bicyclic) bond motifs is 1. The maximum absolute atomic E-state index is 11.1. The van der Waals surface area contributed by atoms with Crippen molar-refractivity contribution in [3.05, 3.63) is 27.7 Å². The second-order valence-electron chi connectivity index (χ2n) is 4.19. The molecule has 0 aliphatic heterocycles. The molecule has 0 aromatic carbocycles. The van der Waals surface area contributed by atoms with Crippen molar-refractivity contribution >= 4 is 31.1 Å². The molecule has 0 bridgehead atoms. The highest BCUT2D eigenvalue weighted by molar-refractivity contribution is 8.13. The Balaban J connectivity index is 2.01. The van der Waals surface area contributed by atoms with Gasteiger partial charge >= 0.3 is 0 Å². The molecule has 8 heteroatoms. The molecule has 5 nitrogen and oxygen atoms in total. The third kappa shape index (κ3) is 2.06. The Morgan fingerprint density at radius 2 is 2.33 bits per heavy atom. The predicted octanol–water partition coefficient (Wildman–Crippen LogP) is 2.26. The van der Waals surface area contributed by atoms with E-state index in [9.17, 15) is 8.42 Å². The summed E-state index contributed by atoms with van der Waals surface area (Å²) in [5.74, 6) is 0.674. The molecule has 2 aromatic rings. The molecule has 1 aliphatic rings. The molecule has 96 valence electrons. The van der Waals surface area contributed by atoms with E-state index < -0.39 is 9.05 Å². The maximum atomic E-state index is 11.1. The SMILES string of the molecule is O=S(=O)(Cl)c1n[nH]c(C2CCCc3sccc32)n1. The minimum atomic E-state index is -3.86. The molecule has 1 unspecified atom stereocenters. The van der Waals surface area contributed by atoms with Crippen LogP contribution in [0.4, 0.5) is 0 Å². The highest BCUT2D eigenvalue weighted by Gasteiger charge is 2.27. The molecule has 0 saturated heterocycles. The molecule has 2 heterocycles. The molecule has 1 atom stereocenters. The molecule has 0 amide bonds. The molecule has 0 radical (unpaired) electrons. The first-order valence-corrected chi connectivity index (χ1v) is 8.68. The van der Waals surface area contributed by atoms with Crippen molar-refractivity contribution in [1.82, 2.24) is 15.2 Å². The number of nitrogens with one attached hydrogen (secondary N) is 1. The summed E-state index contributed by atoms with van der Waals surface area (Å²) in [4.78, 5) is 5.35. The smallest absolute Gasteiger partial charge is 0.261 e. The number of H-pyrrole nitrogens is 1.